The zero-order valence-corrected chi connectivity index (χ0v) is 17.7. The van der Waals surface area contributed by atoms with Crippen molar-refractivity contribution in [2.24, 2.45) is 0 Å². The summed E-state index contributed by atoms with van der Waals surface area (Å²) >= 11 is 6.21. The van der Waals surface area contributed by atoms with E-state index in [0.29, 0.717) is 33.4 Å². The Hall–Kier alpha value is -3.31. The van der Waals surface area contributed by atoms with E-state index >= 15 is 0 Å². The highest BCUT2D eigenvalue weighted by molar-refractivity contribution is 6.31. The Morgan fingerprint density at radius 3 is 2.70 bits per heavy atom. The molecule has 0 saturated carbocycles. The number of nitrogens with one attached hydrogen (secondary N) is 1. The van der Waals surface area contributed by atoms with Gasteiger partial charge in [-0.25, -0.2) is 4.98 Å². The van der Waals surface area contributed by atoms with Gasteiger partial charge in [-0.3, -0.25) is 4.79 Å². The van der Waals surface area contributed by atoms with Crippen molar-refractivity contribution in [2.75, 3.05) is 11.9 Å². The molecule has 0 atom stereocenters. The van der Waals surface area contributed by atoms with Crippen molar-refractivity contribution in [1.29, 1.82) is 0 Å². The summed E-state index contributed by atoms with van der Waals surface area (Å²) in [6, 6.07) is 16.8. The van der Waals surface area contributed by atoms with Crippen LogP contribution in [0.2, 0.25) is 5.02 Å². The van der Waals surface area contributed by atoms with Crippen LogP contribution >= 0.6 is 11.6 Å². The van der Waals surface area contributed by atoms with E-state index in [-0.39, 0.29) is 12.5 Å². The van der Waals surface area contributed by atoms with Gasteiger partial charge in [0.2, 0.25) is 5.89 Å². The SMILES string of the molecule is Cc1ccc(-c2nc3cc(NC(=O)COc4cccc(C)c4C)ccc3o2)cc1Cl. The summed E-state index contributed by atoms with van der Waals surface area (Å²) in [5.74, 6) is 0.941. The number of hydrogen-bond donors (Lipinski definition) is 1. The maximum atomic E-state index is 12.3. The highest BCUT2D eigenvalue weighted by Gasteiger charge is 2.12. The summed E-state index contributed by atoms with van der Waals surface area (Å²) < 4.78 is 11.5. The molecule has 0 fully saturated rings. The molecule has 0 bridgehead atoms. The third-order valence-corrected chi connectivity index (χ3v) is 5.41. The minimum Gasteiger partial charge on any atom is -0.483 e. The first-order chi connectivity index (χ1) is 14.4. The molecule has 1 heterocycles. The number of aromatic nitrogens is 1. The molecule has 0 aliphatic heterocycles. The van der Waals surface area contributed by atoms with E-state index in [0.717, 1.165) is 22.3 Å². The first-order valence-corrected chi connectivity index (χ1v) is 9.94. The number of nitrogens with zero attached hydrogens (tertiary/aromatic N) is 1. The number of benzene rings is 3. The van der Waals surface area contributed by atoms with Gasteiger partial charge in [-0.1, -0.05) is 29.8 Å². The van der Waals surface area contributed by atoms with Crippen molar-refractivity contribution >= 4 is 34.3 Å². The molecule has 4 aromatic rings. The van der Waals surface area contributed by atoms with Crippen LogP contribution in [0.15, 0.2) is 59.0 Å². The number of oxazole rings is 1. The summed E-state index contributed by atoms with van der Waals surface area (Å²) in [6.07, 6.45) is 0. The lowest BCUT2D eigenvalue weighted by Gasteiger charge is -2.11. The van der Waals surface area contributed by atoms with Crippen LogP contribution in [0.5, 0.6) is 5.75 Å². The molecule has 3 aromatic carbocycles. The van der Waals surface area contributed by atoms with Crippen molar-refractivity contribution in [3.63, 3.8) is 0 Å². The van der Waals surface area contributed by atoms with Crippen LogP contribution in [-0.2, 0) is 4.79 Å². The predicted octanol–water partition coefficient (Wildman–Crippen LogP) is 6.09. The van der Waals surface area contributed by atoms with Crippen LogP contribution < -0.4 is 10.1 Å². The first-order valence-electron chi connectivity index (χ1n) is 9.57. The van der Waals surface area contributed by atoms with Gasteiger partial charge in [-0.15, -0.1) is 0 Å². The van der Waals surface area contributed by atoms with Gasteiger partial charge in [-0.2, -0.15) is 0 Å². The number of fused-ring (bicyclic) bond motifs is 1. The molecule has 0 saturated heterocycles. The number of ether oxygens (including phenoxy) is 1. The monoisotopic (exact) mass is 420 g/mol. The molecule has 0 radical (unpaired) electrons. The zero-order chi connectivity index (χ0) is 21.3. The summed E-state index contributed by atoms with van der Waals surface area (Å²) in [5.41, 5.74) is 5.84. The zero-order valence-electron chi connectivity index (χ0n) is 17.0. The number of carbonyl (C=O) groups is 1. The topological polar surface area (TPSA) is 64.4 Å². The maximum absolute atomic E-state index is 12.3. The predicted molar refractivity (Wildman–Crippen MR) is 119 cm³/mol. The van der Waals surface area contributed by atoms with E-state index in [1.165, 1.54) is 0 Å². The standard InChI is InChI=1S/C24H21ClN2O3/c1-14-5-4-6-21(16(14)3)29-13-23(28)26-18-9-10-22-20(12-18)27-24(30-22)17-8-7-15(2)19(25)11-17/h4-12H,13H2,1-3H3,(H,26,28). The molecule has 1 amide bonds. The number of hydrogen-bond acceptors (Lipinski definition) is 4. The van der Waals surface area contributed by atoms with Crippen LogP contribution in [0.4, 0.5) is 5.69 Å². The van der Waals surface area contributed by atoms with Crippen LogP contribution in [0, 0.1) is 20.8 Å². The summed E-state index contributed by atoms with van der Waals surface area (Å²) in [5, 5.41) is 3.50. The molecule has 1 N–H and O–H groups in total. The number of aryl methyl sites for hydroxylation is 2. The molecule has 5 nitrogen and oxygen atoms in total. The summed E-state index contributed by atoms with van der Waals surface area (Å²) in [7, 11) is 0. The number of halogens is 1. The summed E-state index contributed by atoms with van der Waals surface area (Å²) in [6.45, 7) is 5.85. The average Bonchev–Trinajstić information content (AvgIpc) is 3.14. The van der Waals surface area contributed by atoms with Crippen molar-refractivity contribution in [3.8, 4) is 17.2 Å². The van der Waals surface area contributed by atoms with Crippen LogP contribution in [0.3, 0.4) is 0 Å². The molecule has 0 aliphatic rings. The van der Waals surface area contributed by atoms with Gasteiger partial charge in [0.15, 0.2) is 12.2 Å². The fraction of sp³-hybridized carbons (Fsp3) is 0.167. The Morgan fingerprint density at radius 2 is 1.90 bits per heavy atom. The Bertz CT molecular complexity index is 1250. The molecule has 152 valence electrons. The lowest BCUT2D eigenvalue weighted by molar-refractivity contribution is -0.118. The molecule has 30 heavy (non-hydrogen) atoms. The second kappa shape index (κ2) is 8.20. The van der Waals surface area contributed by atoms with Crippen molar-refractivity contribution in [2.45, 2.75) is 20.8 Å². The van der Waals surface area contributed by atoms with Gasteiger partial charge in [0.25, 0.3) is 5.91 Å². The first kappa shape index (κ1) is 20.0. The van der Waals surface area contributed by atoms with Crippen molar-refractivity contribution < 1.29 is 13.9 Å². The second-order valence-corrected chi connectivity index (χ2v) is 7.61. The van der Waals surface area contributed by atoms with Gasteiger partial charge in [0.1, 0.15) is 11.3 Å². The van der Waals surface area contributed by atoms with E-state index in [1.807, 2.05) is 57.2 Å². The van der Waals surface area contributed by atoms with Crippen molar-refractivity contribution in [1.82, 2.24) is 4.98 Å². The largest absolute Gasteiger partial charge is 0.483 e. The third kappa shape index (κ3) is 4.16. The molecular weight excluding hydrogens is 400 g/mol. The fourth-order valence-corrected chi connectivity index (χ4v) is 3.26. The van der Waals surface area contributed by atoms with Gasteiger partial charge in [0, 0.05) is 16.3 Å². The molecule has 0 spiro atoms. The van der Waals surface area contributed by atoms with Gasteiger partial charge in [0.05, 0.1) is 0 Å². The second-order valence-electron chi connectivity index (χ2n) is 7.20. The Morgan fingerprint density at radius 1 is 1.07 bits per heavy atom. The summed E-state index contributed by atoms with van der Waals surface area (Å²) in [4.78, 5) is 16.8. The number of amides is 1. The Kier molecular flexibility index (Phi) is 5.46. The maximum Gasteiger partial charge on any atom is 0.262 e. The normalized spacial score (nSPS) is 10.9. The van der Waals surface area contributed by atoms with Crippen LogP contribution in [0.25, 0.3) is 22.6 Å². The quantitative estimate of drug-likeness (QED) is 0.424. The lowest BCUT2D eigenvalue weighted by Crippen LogP contribution is -2.20. The van der Waals surface area contributed by atoms with Crippen LogP contribution in [-0.4, -0.2) is 17.5 Å². The fourth-order valence-electron chi connectivity index (χ4n) is 3.08. The van der Waals surface area contributed by atoms with E-state index in [1.54, 1.807) is 18.2 Å². The number of carbonyl (C=O) groups excluding carboxylic acids is 1. The van der Waals surface area contributed by atoms with E-state index in [4.69, 9.17) is 20.8 Å². The molecule has 1 aromatic heterocycles. The Labute approximate surface area is 179 Å². The molecule has 6 heteroatoms. The average molecular weight is 421 g/mol. The molecule has 0 unspecified atom stereocenters. The number of rotatable bonds is 5. The van der Waals surface area contributed by atoms with Gasteiger partial charge >= 0.3 is 0 Å². The van der Waals surface area contributed by atoms with E-state index < -0.39 is 0 Å². The van der Waals surface area contributed by atoms with Crippen molar-refractivity contribution in [3.05, 3.63) is 76.3 Å². The number of anilines is 1. The highest BCUT2D eigenvalue weighted by Crippen LogP contribution is 2.29. The third-order valence-electron chi connectivity index (χ3n) is 5.00. The minimum atomic E-state index is -0.246. The lowest BCUT2D eigenvalue weighted by atomic mass is 10.1. The van der Waals surface area contributed by atoms with Crippen LogP contribution in [0.1, 0.15) is 16.7 Å². The van der Waals surface area contributed by atoms with Gasteiger partial charge < -0.3 is 14.5 Å². The Balaban J connectivity index is 1.47. The van der Waals surface area contributed by atoms with E-state index in [2.05, 4.69) is 10.3 Å². The van der Waals surface area contributed by atoms with E-state index in [9.17, 15) is 4.79 Å². The van der Waals surface area contributed by atoms with Gasteiger partial charge in [-0.05, 0) is 73.9 Å². The molecule has 0 aliphatic carbocycles. The molecule has 4 rings (SSSR count). The molecular formula is C24H21ClN2O3. The minimum absolute atomic E-state index is 0.0751. The smallest absolute Gasteiger partial charge is 0.262 e. The highest BCUT2D eigenvalue weighted by atomic mass is 35.5.